The Bertz CT molecular complexity index is 1160. The number of amides is 1. The highest BCUT2D eigenvalue weighted by molar-refractivity contribution is 6.46. The van der Waals surface area contributed by atoms with Crippen molar-refractivity contribution in [3.63, 3.8) is 0 Å². The summed E-state index contributed by atoms with van der Waals surface area (Å²) in [5, 5.41) is 11.1. The molecule has 1 aromatic heterocycles. The lowest BCUT2D eigenvalue weighted by atomic mass is 9.95. The van der Waals surface area contributed by atoms with Crippen molar-refractivity contribution >= 4 is 17.4 Å². The van der Waals surface area contributed by atoms with Crippen molar-refractivity contribution in [1.82, 2.24) is 14.5 Å². The first-order valence-electron chi connectivity index (χ1n) is 11.6. The number of hydrogen-bond acceptors (Lipinski definition) is 5. The van der Waals surface area contributed by atoms with E-state index >= 15 is 0 Å². The molecule has 0 aliphatic carbocycles. The van der Waals surface area contributed by atoms with Crippen molar-refractivity contribution in [1.29, 1.82) is 0 Å². The standard InChI is InChI=1S/C27H29N3O4/c1-2-3-17-34-22-12-7-11-21(18-22)24-23(25(31)20-9-5-4-6-10-20)26(32)27(33)30(24)15-8-14-29-16-13-28-19-29/h4-7,9-13,16,18-19,24,31H,2-3,8,14-15,17H2,1H3. The third-order valence-electron chi connectivity index (χ3n) is 5.90. The summed E-state index contributed by atoms with van der Waals surface area (Å²) >= 11 is 0. The van der Waals surface area contributed by atoms with Gasteiger partial charge in [0.05, 0.1) is 24.5 Å². The quantitative estimate of drug-likeness (QED) is 0.208. The molecule has 2 aromatic carbocycles. The number of aliphatic hydroxyl groups is 1. The number of hydrogen-bond donors (Lipinski definition) is 1. The van der Waals surface area contributed by atoms with Crippen LogP contribution in [-0.2, 0) is 16.1 Å². The van der Waals surface area contributed by atoms with E-state index in [2.05, 4.69) is 11.9 Å². The minimum Gasteiger partial charge on any atom is -0.507 e. The molecule has 7 nitrogen and oxygen atoms in total. The zero-order chi connectivity index (χ0) is 23.9. The van der Waals surface area contributed by atoms with E-state index in [1.54, 1.807) is 41.7 Å². The SMILES string of the molecule is CCCCOc1cccc(C2C(=C(O)c3ccccc3)C(=O)C(=O)N2CCCn2ccnc2)c1. The van der Waals surface area contributed by atoms with E-state index in [1.807, 2.05) is 41.1 Å². The van der Waals surface area contributed by atoms with Crippen LogP contribution in [0.3, 0.4) is 0 Å². The third kappa shape index (κ3) is 5.03. The normalized spacial score (nSPS) is 17.3. The highest BCUT2D eigenvalue weighted by Gasteiger charge is 2.45. The maximum atomic E-state index is 13.1. The van der Waals surface area contributed by atoms with Crippen molar-refractivity contribution in [2.75, 3.05) is 13.2 Å². The maximum Gasteiger partial charge on any atom is 0.295 e. The third-order valence-corrected chi connectivity index (χ3v) is 5.90. The maximum absolute atomic E-state index is 13.1. The Labute approximate surface area is 199 Å². The van der Waals surface area contributed by atoms with Gasteiger partial charge < -0.3 is 19.3 Å². The summed E-state index contributed by atoms with van der Waals surface area (Å²) in [6.45, 7) is 3.71. The lowest BCUT2D eigenvalue weighted by molar-refractivity contribution is -0.139. The van der Waals surface area contributed by atoms with E-state index in [4.69, 9.17) is 4.74 Å². The molecular formula is C27H29N3O4. The van der Waals surface area contributed by atoms with Gasteiger partial charge in [-0.15, -0.1) is 0 Å². The Balaban J connectivity index is 1.70. The fourth-order valence-corrected chi connectivity index (χ4v) is 4.16. The monoisotopic (exact) mass is 459 g/mol. The number of rotatable bonds is 10. The zero-order valence-corrected chi connectivity index (χ0v) is 19.3. The number of aromatic nitrogens is 2. The first-order chi connectivity index (χ1) is 16.6. The number of ether oxygens (including phenoxy) is 1. The fraction of sp³-hybridized carbons (Fsp3) is 0.296. The number of Topliss-reactive ketones (excluding diaryl/α,β-unsaturated/α-hetero) is 1. The van der Waals surface area contributed by atoms with Gasteiger partial charge in [0.2, 0.25) is 0 Å². The topological polar surface area (TPSA) is 84.7 Å². The molecule has 1 unspecified atom stereocenters. The van der Waals surface area contributed by atoms with E-state index in [-0.39, 0.29) is 11.3 Å². The first-order valence-corrected chi connectivity index (χ1v) is 11.6. The van der Waals surface area contributed by atoms with Crippen LogP contribution in [0.15, 0.2) is 78.9 Å². The summed E-state index contributed by atoms with van der Waals surface area (Å²) in [5.41, 5.74) is 1.33. The molecule has 7 heteroatoms. The van der Waals surface area contributed by atoms with Crippen molar-refractivity contribution < 1.29 is 19.4 Å². The molecule has 1 aliphatic rings. The number of nitrogens with zero attached hydrogens (tertiary/aromatic N) is 3. The van der Waals surface area contributed by atoms with Crippen LogP contribution in [0.25, 0.3) is 5.76 Å². The van der Waals surface area contributed by atoms with E-state index in [9.17, 15) is 14.7 Å². The Kier molecular flexibility index (Phi) is 7.42. The summed E-state index contributed by atoms with van der Waals surface area (Å²) in [7, 11) is 0. The van der Waals surface area contributed by atoms with Crippen LogP contribution < -0.4 is 4.74 Å². The van der Waals surface area contributed by atoms with Gasteiger partial charge in [-0.3, -0.25) is 9.59 Å². The molecule has 2 heterocycles. The molecule has 1 amide bonds. The Hall–Kier alpha value is -3.87. The second kappa shape index (κ2) is 10.8. The summed E-state index contributed by atoms with van der Waals surface area (Å²) in [4.78, 5) is 31.9. The molecule has 4 rings (SSSR count). The van der Waals surface area contributed by atoms with E-state index < -0.39 is 17.7 Å². The highest BCUT2D eigenvalue weighted by Crippen LogP contribution is 2.40. The van der Waals surface area contributed by atoms with Crippen LogP contribution in [0, 0.1) is 0 Å². The number of aliphatic hydroxyl groups excluding tert-OH is 1. The van der Waals surface area contributed by atoms with Gasteiger partial charge in [0, 0.05) is 31.0 Å². The minimum atomic E-state index is -0.697. The van der Waals surface area contributed by atoms with Crippen LogP contribution in [0.2, 0.25) is 0 Å². The lowest BCUT2D eigenvalue weighted by Gasteiger charge is -2.26. The second-order valence-electron chi connectivity index (χ2n) is 8.29. The fourth-order valence-electron chi connectivity index (χ4n) is 4.16. The van der Waals surface area contributed by atoms with Gasteiger partial charge in [-0.05, 0) is 30.5 Å². The molecule has 1 N–H and O–H groups in total. The van der Waals surface area contributed by atoms with E-state index in [0.29, 0.717) is 37.4 Å². The van der Waals surface area contributed by atoms with Crippen LogP contribution in [0.5, 0.6) is 5.75 Å². The molecule has 3 aromatic rings. The van der Waals surface area contributed by atoms with Crippen molar-refractivity contribution in [3.8, 4) is 5.75 Å². The smallest absolute Gasteiger partial charge is 0.295 e. The number of benzene rings is 2. The number of carbonyl (C=O) groups is 2. The van der Waals surface area contributed by atoms with Gasteiger partial charge >= 0.3 is 0 Å². The van der Waals surface area contributed by atoms with Gasteiger partial charge in [-0.2, -0.15) is 0 Å². The van der Waals surface area contributed by atoms with Crippen LogP contribution in [0.4, 0.5) is 0 Å². The number of imidazole rings is 1. The molecule has 1 aliphatic heterocycles. The molecule has 1 fully saturated rings. The number of unbranched alkanes of at least 4 members (excludes halogenated alkanes) is 1. The van der Waals surface area contributed by atoms with Gasteiger partial charge in [0.15, 0.2) is 0 Å². The predicted molar refractivity (Wildman–Crippen MR) is 129 cm³/mol. The lowest BCUT2D eigenvalue weighted by Crippen LogP contribution is -2.31. The molecule has 176 valence electrons. The first kappa shape index (κ1) is 23.3. The van der Waals surface area contributed by atoms with E-state index in [0.717, 1.165) is 18.4 Å². The average Bonchev–Trinajstić information content (AvgIpc) is 3.47. The molecule has 0 spiro atoms. The van der Waals surface area contributed by atoms with Crippen LogP contribution >= 0.6 is 0 Å². The van der Waals surface area contributed by atoms with E-state index in [1.165, 1.54) is 0 Å². The molecule has 0 radical (unpaired) electrons. The predicted octanol–water partition coefficient (Wildman–Crippen LogP) is 4.57. The van der Waals surface area contributed by atoms with Gasteiger partial charge in [-0.25, -0.2) is 4.98 Å². The summed E-state index contributed by atoms with van der Waals surface area (Å²) in [6.07, 6.45) is 7.88. The minimum absolute atomic E-state index is 0.101. The number of ketones is 1. The Morgan fingerprint density at radius 3 is 2.62 bits per heavy atom. The number of likely N-dealkylation sites (tertiary alicyclic amines) is 1. The zero-order valence-electron chi connectivity index (χ0n) is 19.3. The van der Waals surface area contributed by atoms with Gasteiger partial charge in [-0.1, -0.05) is 55.8 Å². The number of carbonyl (C=O) groups excluding carboxylic acids is 2. The highest BCUT2D eigenvalue weighted by atomic mass is 16.5. The average molecular weight is 460 g/mol. The van der Waals surface area contributed by atoms with Crippen LogP contribution in [0.1, 0.15) is 43.4 Å². The summed E-state index contributed by atoms with van der Waals surface area (Å²) in [5.74, 6) is -0.773. The summed E-state index contributed by atoms with van der Waals surface area (Å²) in [6, 6.07) is 15.6. The molecule has 0 saturated carbocycles. The molecule has 1 saturated heterocycles. The van der Waals surface area contributed by atoms with Crippen LogP contribution in [-0.4, -0.2) is 44.4 Å². The summed E-state index contributed by atoms with van der Waals surface area (Å²) < 4.78 is 7.80. The molecule has 0 bridgehead atoms. The number of aryl methyl sites for hydroxylation is 1. The Morgan fingerprint density at radius 1 is 1.06 bits per heavy atom. The molecule has 34 heavy (non-hydrogen) atoms. The van der Waals surface area contributed by atoms with Crippen molar-refractivity contribution in [2.24, 2.45) is 0 Å². The Morgan fingerprint density at radius 2 is 1.88 bits per heavy atom. The van der Waals surface area contributed by atoms with Gasteiger partial charge in [0.1, 0.15) is 11.5 Å². The molecular weight excluding hydrogens is 430 g/mol. The largest absolute Gasteiger partial charge is 0.507 e. The van der Waals surface area contributed by atoms with Gasteiger partial charge in [0.25, 0.3) is 11.7 Å². The van der Waals surface area contributed by atoms with Crippen molar-refractivity contribution in [3.05, 3.63) is 90.0 Å². The van der Waals surface area contributed by atoms with Crippen molar-refractivity contribution in [2.45, 2.75) is 38.8 Å². The second-order valence-corrected chi connectivity index (χ2v) is 8.29. The molecule has 1 atom stereocenters.